The molecule has 0 saturated carbocycles. The molecule has 1 saturated heterocycles. The average Bonchev–Trinajstić information content (AvgIpc) is 2.43. The van der Waals surface area contributed by atoms with Crippen LogP contribution in [0, 0.1) is 0 Å². The zero-order valence-electron chi connectivity index (χ0n) is 13.4. The highest BCUT2D eigenvalue weighted by molar-refractivity contribution is 5.24. The van der Waals surface area contributed by atoms with E-state index in [1.165, 1.54) is 24.2 Å². The highest BCUT2D eigenvalue weighted by Gasteiger charge is 2.21. The molecular weight excluding hydrogens is 246 g/mol. The number of benzene rings is 1. The maximum absolute atomic E-state index is 3.60. The molecule has 1 atom stereocenters. The smallest absolute Gasteiger partial charge is 0.0345 e. The third-order valence-corrected chi connectivity index (χ3v) is 4.34. The molecule has 1 aromatic carbocycles. The van der Waals surface area contributed by atoms with E-state index in [1.807, 2.05) is 0 Å². The molecule has 0 bridgehead atoms. The number of hydrogen-bond donors (Lipinski definition) is 1. The molecule has 1 aliphatic heterocycles. The SMILES string of the molecule is CC(C)c1ccc(CNCC2CN(C)CCN2C)cc1. The normalized spacial score (nSPS) is 21.6. The number of hydrogen-bond acceptors (Lipinski definition) is 3. The second-order valence-corrected chi connectivity index (χ2v) is 6.42. The van der Waals surface area contributed by atoms with Crippen LogP contribution >= 0.6 is 0 Å². The molecule has 1 fully saturated rings. The van der Waals surface area contributed by atoms with Crippen LogP contribution in [0.4, 0.5) is 0 Å². The van der Waals surface area contributed by atoms with Gasteiger partial charge in [0.2, 0.25) is 0 Å². The van der Waals surface area contributed by atoms with E-state index in [0.29, 0.717) is 12.0 Å². The van der Waals surface area contributed by atoms with Gasteiger partial charge in [0, 0.05) is 38.8 Å². The van der Waals surface area contributed by atoms with Crippen molar-refractivity contribution in [3.63, 3.8) is 0 Å². The van der Waals surface area contributed by atoms with Gasteiger partial charge < -0.3 is 10.2 Å². The number of nitrogens with zero attached hydrogens (tertiary/aromatic N) is 2. The average molecular weight is 275 g/mol. The van der Waals surface area contributed by atoms with Crippen molar-refractivity contribution in [2.75, 3.05) is 40.3 Å². The molecular formula is C17H29N3. The van der Waals surface area contributed by atoms with Crippen LogP contribution in [0.25, 0.3) is 0 Å². The lowest BCUT2D eigenvalue weighted by atomic mass is 10.0. The predicted octanol–water partition coefficient (Wildman–Crippen LogP) is 2.15. The van der Waals surface area contributed by atoms with Gasteiger partial charge in [-0.2, -0.15) is 0 Å². The summed E-state index contributed by atoms with van der Waals surface area (Å²) < 4.78 is 0. The molecule has 1 aromatic rings. The standard InChI is InChI=1S/C17H29N3/c1-14(2)16-7-5-15(6-8-16)11-18-12-17-13-19(3)9-10-20(17)4/h5-8,14,17-18H,9-13H2,1-4H3. The molecule has 1 heterocycles. The highest BCUT2D eigenvalue weighted by atomic mass is 15.3. The summed E-state index contributed by atoms with van der Waals surface area (Å²) in [6, 6.07) is 9.63. The molecule has 0 spiro atoms. The van der Waals surface area contributed by atoms with Crippen molar-refractivity contribution in [3.8, 4) is 0 Å². The van der Waals surface area contributed by atoms with Crippen LogP contribution in [-0.2, 0) is 6.54 Å². The van der Waals surface area contributed by atoms with Crippen molar-refractivity contribution in [2.24, 2.45) is 0 Å². The van der Waals surface area contributed by atoms with Gasteiger partial charge in [-0.3, -0.25) is 4.90 Å². The number of likely N-dealkylation sites (N-methyl/N-ethyl adjacent to an activating group) is 2. The first-order valence-electron chi connectivity index (χ1n) is 7.74. The quantitative estimate of drug-likeness (QED) is 0.888. The van der Waals surface area contributed by atoms with E-state index in [9.17, 15) is 0 Å². The van der Waals surface area contributed by atoms with E-state index in [-0.39, 0.29) is 0 Å². The van der Waals surface area contributed by atoms with Gasteiger partial charge >= 0.3 is 0 Å². The summed E-state index contributed by atoms with van der Waals surface area (Å²) in [5, 5.41) is 3.60. The van der Waals surface area contributed by atoms with Crippen LogP contribution < -0.4 is 5.32 Å². The van der Waals surface area contributed by atoms with Crippen LogP contribution in [0.3, 0.4) is 0 Å². The molecule has 0 amide bonds. The monoisotopic (exact) mass is 275 g/mol. The third-order valence-electron chi connectivity index (χ3n) is 4.34. The Morgan fingerprint density at radius 2 is 1.85 bits per heavy atom. The molecule has 0 aliphatic carbocycles. The van der Waals surface area contributed by atoms with Gasteiger partial charge in [0.15, 0.2) is 0 Å². The van der Waals surface area contributed by atoms with E-state index in [4.69, 9.17) is 0 Å². The van der Waals surface area contributed by atoms with Gasteiger partial charge in [0.1, 0.15) is 0 Å². The highest BCUT2D eigenvalue weighted by Crippen LogP contribution is 2.14. The van der Waals surface area contributed by atoms with E-state index < -0.39 is 0 Å². The Morgan fingerprint density at radius 3 is 2.50 bits per heavy atom. The third kappa shape index (κ3) is 4.30. The largest absolute Gasteiger partial charge is 0.311 e. The van der Waals surface area contributed by atoms with Crippen LogP contribution in [0.15, 0.2) is 24.3 Å². The summed E-state index contributed by atoms with van der Waals surface area (Å²) in [7, 11) is 4.45. The van der Waals surface area contributed by atoms with Crippen LogP contribution in [0.1, 0.15) is 30.9 Å². The lowest BCUT2D eigenvalue weighted by Gasteiger charge is -2.37. The Bertz CT molecular complexity index is 399. The summed E-state index contributed by atoms with van der Waals surface area (Å²) in [6.07, 6.45) is 0. The van der Waals surface area contributed by atoms with Crippen molar-refractivity contribution in [3.05, 3.63) is 35.4 Å². The molecule has 20 heavy (non-hydrogen) atoms. The fraction of sp³-hybridized carbons (Fsp3) is 0.647. The fourth-order valence-electron chi connectivity index (χ4n) is 2.73. The van der Waals surface area contributed by atoms with Gasteiger partial charge in [0.05, 0.1) is 0 Å². The molecule has 1 aliphatic rings. The second-order valence-electron chi connectivity index (χ2n) is 6.42. The first kappa shape index (κ1) is 15.5. The van der Waals surface area contributed by atoms with E-state index >= 15 is 0 Å². The zero-order chi connectivity index (χ0) is 14.5. The van der Waals surface area contributed by atoms with Gasteiger partial charge in [-0.05, 0) is 31.1 Å². The Morgan fingerprint density at radius 1 is 1.15 bits per heavy atom. The van der Waals surface area contributed by atoms with E-state index in [1.54, 1.807) is 0 Å². The minimum atomic E-state index is 0.614. The fourth-order valence-corrected chi connectivity index (χ4v) is 2.73. The van der Waals surface area contributed by atoms with Gasteiger partial charge in [0.25, 0.3) is 0 Å². The molecule has 1 N–H and O–H groups in total. The lowest BCUT2D eigenvalue weighted by Crippen LogP contribution is -2.53. The minimum absolute atomic E-state index is 0.614. The maximum atomic E-state index is 3.60. The van der Waals surface area contributed by atoms with Crippen molar-refractivity contribution < 1.29 is 0 Å². The molecule has 0 aromatic heterocycles. The van der Waals surface area contributed by atoms with Gasteiger partial charge in [-0.15, -0.1) is 0 Å². The number of rotatable bonds is 5. The predicted molar refractivity (Wildman–Crippen MR) is 86.2 cm³/mol. The van der Waals surface area contributed by atoms with Crippen LogP contribution in [0.5, 0.6) is 0 Å². The van der Waals surface area contributed by atoms with Gasteiger partial charge in [-0.25, -0.2) is 0 Å². The topological polar surface area (TPSA) is 18.5 Å². The van der Waals surface area contributed by atoms with Crippen molar-refractivity contribution in [2.45, 2.75) is 32.4 Å². The number of piperazine rings is 1. The van der Waals surface area contributed by atoms with E-state index in [2.05, 4.69) is 67.3 Å². The summed E-state index contributed by atoms with van der Waals surface area (Å²) in [4.78, 5) is 4.89. The van der Waals surface area contributed by atoms with Crippen molar-refractivity contribution >= 4 is 0 Å². The molecule has 0 radical (unpaired) electrons. The zero-order valence-corrected chi connectivity index (χ0v) is 13.4. The second kappa shape index (κ2) is 7.21. The van der Waals surface area contributed by atoms with E-state index in [0.717, 1.165) is 19.6 Å². The summed E-state index contributed by atoms with van der Waals surface area (Å²) in [5.41, 5.74) is 2.80. The first-order chi connectivity index (χ1) is 9.56. The Balaban J connectivity index is 1.77. The first-order valence-corrected chi connectivity index (χ1v) is 7.74. The van der Waals surface area contributed by atoms with Crippen LogP contribution in [-0.4, -0.2) is 56.1 Å². The Labute approximate surface area is 124 Å². The summed E-state index contributed by atoms with van der Waals surface area (Å²) in [5.74, 6) is 0.614. The van der Waals surface area contributed by atoms with Crippen molar-refractivity contribution in [1.29, 1.82) is 0 Å². The Kier molecular flexibility index (Phi) is 5.58. The lowest BCUT2D eigenvalue weighted by molar-refractivity contribution is 0.113. The Hall–Kier alpha value is -0.900. The summed E-state index contributed by atoms with van der Waals surface area (Å²) >= 11 is 0. The molecule has 1 unspecified atom stereocenters. The minimum Gasteiger partial charge on any atom is -0.311 e. The molecule has 3 nitrogen and oxygen atoms in total. The van der Waals surface area contributed by atoms with Gasteiger partial charge in [-0.1, -0.05) is 38.1 Å². The number of nitrogens with one attached hydrogen (secondary N) is 1. The maximum Gasteiger partial charge on any atom is 0.0345 e. The summed E-state index contributed by atoms with van der Waals surface area (Å²) in [6.45, 7) is 10.0. The molecule has 112 valence electrons. The van der Waals surface area contributed by atoms with Crippen LogP contribution in [0.2, 0.25) is 0 Å². The molecule has 2 rings (SSSR count). The van der Waals surface area contributed by atoms with Crippen molar-refractivity contribution in [1.82, 2.24) is 15.1 Å². The molecule has 3 heteroatoms.